The number of aliphatic hydroxyl groups is 1. The molecular formula is C11H9BCl2N2O2. The van der Waals surface area contributed by atoms with Crippen LogP contribution in [-0.4, -0.2) is 23.1 Å². The Labute approximate surface area is 115 Å². The van der Waals surface area contributed by atoms with Gasteiger partial charge in [-0.1, -0.05) is 28.9 Å². The Morgan fingerprint density at radius 1 is 1.33 bits per heavy atom. The van der Waals surface area contributed by atoms with E-state index in [1.165, 1.54) is 0 Å². The molecule has 0 aliphatic rings. The van der Waals surface area contributed by atoms with E-state index in [0.717, 1.165) is 0 Å². The molecule has 1 aromatic carbocycles. The number of hydrogen-bond acceptors (Lipinski definition) is 4. The van der Waals surface area contributed by atoms with Crippen LogP contribution >= 0.6 is 23.2 Å². The van der Waals surface area contributed by atoms with E-state index in [9.17, 15) is 5.11 Å². The van der Waals surface area contributed by atoms with Gasteiger partial charge in [0, 0.05) is 11.4 Å². The zero-order valence-corrected chi connectivity index (χ0v) is 10.8. The van der Waals surface area contributed by atoms with Crippen molar-refractivity contribution in [2.45, 2.75) is 17.8 Å². The highest BCUT2D eigenvalue weighted by Gasteiger charge is 2.25. The molecular weight excluding hydrogens is 274 g/mol. The first kappa shape index (κ1) is 13.4. The third-order valence-electron chi connectivity index (χ3n) is 2.40. The summed E-state index contributed by atoms with van der Waals surface area (Å²) in [5.74, 6) is 0.709. The maximum absolute atomic E-state index is 10.2. The minimum absolute atomic E-state index is 0.0228. The summed E-state index contributed by atoms with van der Waals surface area (Å²) in [6.45, 7) is 0. The molecule has 0 spiro atoms. The lowest BCUT2D eigenvalue weighted by Crippen LogP contribution is -2.29. The summed E-state index contributed by atoms with van der Waals surface area (Å²) < 4.78 is 4.83. The summed E-state index contributed by atoms with van der Waals surface area (Å²) in [7, 11) is 5.83. The second-order valence-corrected chi connectivity index (χ2v) is 4.55. The zero-order valence-electron chi connectivity index (χ0n) is 9.31. The van der Waals surface area contributed by atoms with E-state index in [0.29, 0.717) is 22.3 Å². The van der Waals surface area contributed by atoms with Crippen molar-refractivity contribution in [2.24, 2.45) is 0 Å². The summed E-state index contributed by atoms with van der Waals surface area (Å²) in [4.78, 5) is 3.98. The molecule has 2 rings (SSSR count). The van der Waals surface area contributed by atoms with Crippen LogP contribution in [0.5, 0.6) is 0 Å². The molecule has 18 heavy (non-hydrogen) atoms. The van der Waals surface area contributed by atoms with Crippen molar-refractivity contribution in [2.75, 3.05) is 0 Å². The summed E-state index contributed by atoms with van der Waals surface area (Å²) in [5.41, 5.74) is -1.07. The maximum atomic E-state index is 10.2. The van der Waals surface area contributed by atoms with Crippen LogP contribution < -0.4 is 0 Å². The van der Waals surface area contributed by atoms with Crippen molar-refractivity contribution >= 4 is 31.0 Å². The van der Waals surface area contributed by atoms with E-state index >= 15 is 0 Å². The highest BCUT2D eigenvalue weighted by molar-refractivity contribution is 6.30. The third-order valence-corrected chi connectivity index (χ3v) is 2.88. The van der Waals surface area contributed by atoms with Crippen LogP contribution in [0.2, 0.25) is 5.02 Å². The van der Waals surface area contributed by atoms with Gasteiger partial charge in [0.05, 0.1) is 5.50 Å². The van der Waals surface area contributed by atoms with Crippen LogP contribution in [0.1, 0.15) is 17.3 Å². The van der Waals surface area contributed by atoms with Crippen LogP contribution in [0, 0.1) is 0 Å². The minimum Gasteiger partial charge on any atom is -0.395 e. The Bertz CT molecular complexity index is 528. The molecule has 0 saturated heterocycles. The average molecular weight is 283 g/mol. The molecule has 0 fully saturated rings. The van der Waals surface area contributed by atoms with Gasteiger partial charge in [-0.2, -0.15) is 4.98 Å². The Kier molecular flexibility index (Phi) is 3.95. The molecule has 0 saturated carbocycles. The first-order valence-corrected chi connectivity index (χ1v) is 6.07. The third kappa shape index (κ3) is 3.04. The number of halogens is 2. The fourth-order valence-corrected chi connectivity index (χ4v) is 1.73. The Morgan fingerprint density at radius 2 is 2.00 bits per heavy atom. The fourth-order valence-electron chi connectivity index (χ4n) is 1.50. The minimum atomic E-state index is -1.59. The molecule has 1 heterocycles. The standard InChI is InChI=1S/C11H9BCl2N2O2/c12-11(17,7-1-3-8(14)4-2-7)5-9-15-10(6-13)18-16-9/h1-4,17H,5-6H2. The smallest absolute Gasteiger partial charge is 0.241 e. The van der Waals surface area contributed by atoms with Gasteiger partial charge in [-0.25, -0.2) is 0 Å². The molecule has 4 nitrogen and oxygen atoms in total. The number of aromatic nitrogens is 2. The van der Waals surface area contributed by atoms with Gasteiger partial charge >= 0.3 is 0 Å². The van der Waals surface area contributed by atoms with Gasteiger partial charge in [0.2, 0.25) is 5.89 Å². The van der Waals surface area contributed by atoms with Gasteiger partial charge in [0.1, 0.15) is 13.7 Å². The lowest BCUT2D eigenvalue weighted by atomic mass is 9.73. The SMILES string of the molecule is [B]C(O)(Cc1noc(CCl)n1)c1ccc(Cl)cc1. The van der Waals surface area contributed by atoms with E-state index < -0.39 is 5.50 Å². The van der Waals surface area contributed by atoms with Gasteiger partial charge in [-0.3, -0.25) is 0 Å². The molecule has 92 valence electrons. The molecule has 2 radical (unpaired) electrons. The van der Waals surface area contributed by atoms with Crippen molar-refractivity contribution in [3.8, 4) is 0 Å². The van der Waals surface area contributed by atoms with Crippen molar-refractivity contribution in [1.29, 1.82) is 0 Å². The number of benzene rings is 1. The van der Waals surface area contributed by atoms with Crippen LogP contribution in [0.25, 0.3) is 0 Å². The molecule has 0 bridgehead atoms. The van der Waals surface area contributed by atoms with Gasteiger partial charge < -0.3 is 9.63 Å². The van der Waals surface area contributed by atoms with Gasteiger partial charge in [0.15, 0.2) is 5.82 Å². The average Bonchev–Trinajstić information content (AvgIpc) is 2.76. The molecule has 0 aliphatic heterocycles. The predicted molar refractivity (Wildman–Crippen MR) is 68.7 cm³/mol. The topological polar surface area (TPSA) is 59.2 Å². The van der Waals surface area contributed by atoms with Crippen LogP contribution in [-0.2, 0) is 17.8 Å². The first-order chi connectivity index (χ1) is 8.51. The number of nitrogens with zero attached hydrogens (tertiary/aromatic N) is 2. The van der Waals surface area contributed by atoms with Crippen molar-refractivity contribution in [3.05, 3.63) is 46.6 Å². The number of rotatable bonds is 4. The fraction of sp³-hybridized carbons (Fsp3) is 0.273. The molecule has 0 amide bonds. The van der Waals surface area contributed by atoms with E-state index in [1.54, 1.807) is 24.3 Å². The molecule has 1 N–H and O–H groups in total. The number of hydrogen-bond donors (Lipinski definition) is 1. The Morgan fingerprint density at radius 3 is 2.56 bits per heavy atom. The normalized spacial score (nSPS) is 14.4. The molecule has 1 aromatic heterocycles. The highest BCUT2D eigenvalue weighted by atomic mass is 35.5. The molecule has 0 aliphatic carbocycles. The Balaban J connectivity index is 2.18. The van der Waals surface area contributed by atoms with E-state index in [2.05, 4.69) is 10.1 Å². The summed E-state index contributed by atoms with van der Waals surface area (Å²) in [5, 5.41) is 14.4. The molecule has 1 atom stereocenters. The lowest BCUT2D eigenvalue weighted by molar-refractivity contribution is 0.125. The Hall–Kier alpha value is -1.04. The quantitative estimate of drug-likeness (QED) is 0.688. The predicted octanol–water partition coefficient (Wildman–Crippen LogP) is 2.02. The van der Waals surface area contributed by atoms with Crippen LogP contribution in [0.3, 0.4) is 0 Å². The van der Waals surface area contributed by atoms with E-state index in [-0.39, 0.29) is 12.3 Å². The molecule has 2 aromatic rings. The summed E-state index contributed by atoms with van der Waals surface area (Å²) in [6.07, 6.45) is 0.0228. The van der Waals surface area contributed by atoms with Crippen LogP contribution in [0.15, 0.2) is 28.8 Å². The largest absolute Gasteiger partial charge is 0.395 e. The molecule has 7 heteroatoms. The highest BCUT2D eigenvalue weighted by Crippen LogP contribution is 2.23. The zero-order chi connectivity index (χ0) is 13.2. The first-order valence-electron chi connectivity index (χ1n) is 5.16. The summed E-state index contributed by atoms with van der Waals surface area (Å²) in [6, 6.07) is 6.58. The van der Waals surface area contributed by atoms with Crippen LogP contribution in [0.4, 0.5) is 0 Å². The van der Waals surface area contributed by atoms with E-state index in [4.69, 9.17) is 35.6 Å². The maximum Gasteiger partial charge on any atom is 0.241 e. The summed E-state index contributed by atoms with van der Waals surface area (Å²) >= 11 is 11.3. The second kappa shape index (κ2) is 5.30. The monoisotopic (exact) mass is 282 g/mol. The van der Waals surface area contributed by atoms with Gasteiger partial charge in [-0.15, -0.1) is 11.6 Å². The molecule has 1 unspecified atom stereocenters. The second-order valence-electron chi connectivity index (χ2n) is 3.85. The van der Waals surface area contributed by atoms with Crippen molar-refractivity contribution in [3.63, 3.8) is 0 Å². The van der Waals surface area contributed by atoms with E-state index in [1.807, 2.05) is 0 Å². The van der Waals surface area contributed by atoms with Crippen molar-refractivity contribution in [1.82, 2.24) is 10.1 Å². The lowest BCUT2D eigenvalue weighted by Gasteiger charge is -2.22. The number of alkyl halides is 1. The van der Waals surface area contributed by atoms with Crippen molar-refractivity contribution < 1.29 is 9.63 Å². The van der Waals surface area contributed by atoms with Gasteiger partial charge in [0.25, 0.3) is 0 Å². The van der Waals surface area contributed by atoms with Gasteiger partial charge in [-0.05, 0) is 17.7 Å².